The Balaban J connectivity index is 2.49. The van der Waals surface area contributed by atoms with E-state index in [0.717, 1.165) is 30.4 Å². The van der Waals surface area contributed by atoms with Gasteiger partial charge in [-0.1, -0.05) is 37.0 Å². The van der Waals surface area contributed by atoms with Gasteiger partial charge in [0.05, 0.1) is 6.10 Å². The van der Waals surface area contributed by atoms with Gasteiger partial charge in [-0.05, 0) is 47.9 Å². The summed E-state index contributed by atoms with van der Waals surface area (Å²) >= 11 is 12.2. The van der Waals surface area contributed by atoms with Crippen molar-refractivity contribution in [3.63, 3.8) is 0 Å². The van der Waals surface area contributed by atoms with E-state index in [4.69, 9.17) is 23.2 Å². The van der Waals surface area contributed by atoms with Gasteiger partial charge in [0.15, 0.2) is 0 Å². The molecule has 0 aliphatic heterocycles. The van der Waals surface area contributed by atoms with Crippen LogP contribution in [-0.2, 0) is 6.42 Å². The fourth-order valence-corrected chi connectivity index (χ4v) is 2.99. The first-order valence-electron chi connectivity index (χ1n) is 5.55. The Bertz CT molecular complexity index is 413. The van der Waals surface area contributed by atoms with E-state index in [1.54, 1.807) is 6.07 Å². The van der Waals surface area contributed by atoms with Crippen molar-refractivity contribution in [3.8, 4) is 0 Å². The molecule has 0 saturated carbocycles. The Kier molecular flexibility index (Phi) is 3.22. The van der Waals surface area contributed by atoms with E-state index in [1.165, 1.54) is 0 Å². The van der Waals surface area contributed by atoms with E-state index in [9.17, 15) is 5.11 Å². The zero-order chi connectivity index (χ0) is 11.9. The zero-order valence-corrected chi connectivity index (χ0v) is 11.1. The molecular weight excluding hydrogens is 243 g/mol. The van der Waals surface area contributed by atoms with Crippen LogP contribution in [0.1, 0.15) is 43.9 Å². The van der Waals surface area contributed by atoms with Crippen LogP contribution in [0, 0.1) is 5.41 Å². The maximum atomic E-state index is 10.2. The fourth-order valence-electron chi connectivity index (χ4n) is 2.38. The van der Waals surface area contributed by atoms with Crippen molar-refractivity contribution in [3.05, 3.63) is 33.3 Å². The van der Waals surface area contributed by atoms with Gasteiger partial charge in [-0.25, -0.2) is 0 Å². The van der Waals surface area contributed by atoms with E-state index in [2.05, 4.69) is 13.8 Å². The Morgan fingerprint density at radius 2 is 2.00 bits per heavy atom. The van der Waals surface area contributed by atoms with Gasteiger partial charge in [0.1, 0.15) is 0 Å². The fraction of sp³-hybridized carbons (Fsp3) is 0.538. The van der Waals surface area contributed by atoms with Gasteiger partial charge in [0, 0.05) is 10.0 Å². The van der Waals surface area contributed by atoms with Crippen LogP contribution in [0.2, 0.25) is 10.0 Å². The molecule has 3 heteroatoms. The predicted molar refractivity (Wildman–Crippen MR) is 68.1 cm³/mol. The largest absolute Gasteiger partial charge is 0.388 e. The first-order valence-corrected chi connectivity index (χ1v) is 6.30. The molecular formula is C13H16Cl2O. The molecule has 2 rings (SSSR count). The summed E-state index contributed by atoms with van der Waals surface area (Å²) in [5, 5.41) is 11.5. The highest BCUT2D eigenvalue weighted by Crippen LogP contribution is 2.42. The van der Waals surface area contributed by atoms with Crippen LogP contribution < -0.4 is 0 Å². The van der Waals surface area contributed by atoms with Gasteiger partial charge in [0.25, 0.3) is 0 Å². The summed E-state index contributed by atoms with van der Waals surface area (Å²) in [5.41, 5.74) is 2.11. The average molecular weight is 259 g/mol. The van der Waals surface area contributed by atoms with E-state index >= 15 is 0 Å². The summed E-state index contributed by atoms with van der Waals surface area (Å²) in [6.45, 7) is 4.36. The smallest absolute Gasteiger partial charge is 0.0798 e. The summed E-state index contributed by atoms with van der Waals surface area (Å²) in [4.78, 5) is 0. The van der Waals surface area contributed by atoms with Crippen molar-refractivity contribution in [1.82, 2.24) is 0 Å². The van der Waals surface area contributed by atoms with Gasteiger partial charge in [-0.3, -0.25) is 0 Å². The lowest BCUT2D eigenvalue weighted by Gasteiger charge is -2.24. The molecule has 0 bridgehead atoms. The molecule has 0 fully saturated rings. The Labute approximate surface area is 106 Å². The summed E-state index contributed by atoms with van der Waals surface area (Å²) in [5.74, 6) is 0. The van der Waals surface area contributed by atoms with E-state index < -0.39 is 6.10 Å². The van der Waals surface area contributed by atoms with Crippen LogP contribution in [0.5, 0.6) is 0 Å². The van der Waals surface area contributed by atoms with Crippen LogP contribution in [0.3, 0.4) is 0 Å². The molecule has 0 aromatic heterocycles. The number of rotatable bonds is 0. The summed E-state index contributed by atoms with van der Waals surface area (Å²) in [6, 6.07) is 3.60. The minimum absolute atomic E-state index is 0.147. The molecule has 1 aromatic rings. The van der Waals surface area contributed by atoms with Crippen molar-refractivity contribution in [2.75, 3.05) is 0 Å². The SMILES string of the molecule is CC1(C)CCc2c(Cl)cc(Cl)cc2C(O)C1. The van der Waals surface area contributed by atoms with Gasteiger partial charge in [-0.2, -0.15) is 0 Å². The maximum Gasteiger partial charge on any atom is 0.0798 e. The van der Waals surface area contributed by atoms with E-state index in [0.29, 0.717) is 10.0 Å². The molecule has 1 aromatic carbocycles. The summed E-state index contributed by atoms with van der Waals surface area (Å²) in [7, 11) is 0. The second-order valence-corrected chi connectivity index (χ2v) is 6.18. The molecule has 1 atom stereocenters. The molecule has 1 aliphatic rings. The highest BCUT2D eigenvalue weighted by molar-refractivity contribution is 6.35. The lowest BCUT2D eigenvalue weighted by Crippen LogP contribution is -2.13. The van der Waals surface area contributed by atoms with Crippen molar-refractivity contribution in [2.45, 2.75) is 39.2 Å². The van der Waals surface area contributed by atoms with Gasteiger partial charge in [-0.15, -0.1) is 0 Å². The van der Waals surface area contributed by atoms with Crippen LogP contribution in [0.25, 0.3) is 0 Å². The molecule has 1 nitrogen and oxygen atoms in total. The summed E-state index contributed by atoms with van der Waals surface area (Å²) < 4.78 is 0. The van der Waals surface area contributed by atoms with Crippen molar-refractivity contribution < 1.29 is 5.11 Å². The molecule has 0 heterocycles. The third-order valence-electron chi connectivity index (χ3n) is 3.35. The number of fused-ring (bicyclic) bond motifs is 1. The van der Waals surface area contributed by atoms with Crippen LogP contribution in [0.15, 0.2) is 12.1 Å². The molecule has 1 N–H and O–H groups in total. The van der Waals surface area contributed by atoms with Gasteiger partial charge in [0.2, 0.25) is 0 Å². The van der Waals surface area contributed by atoms with E-state index in [-0.39, 0.29) is 5.41 Å². The second-order valence-electron chi connectivity index (χ2n) is 5.34. The molecule has 0 amide bonds. The van der Waals surface area contributed by atoms with Crippen LogP contribution in [0.4, 0.5) is 0 Å². The lowest BCUT2D eigenvalue weighted by molar-refractivity contribution is 0.116. The van der Waals surface area contributed by atoms with Gasteiger partial charge >= 0.3 is 0 Å². The topological polar surface area (TPSA) is 20.2 Å². The average Bonchev–Trinajstić information content (AvgIpc) is 2.23. The van der Waals surface area contributed by atoms with Crippen molar-refractivity contribution >= 4 is 23.2 Å². The highest BCUT2D eigenvalue weighted by Gasteiger charge is 2.29. The number of halogens is 2. The number of benzene rings is 1. The number of hydrogen-bond acceptors (Lipinski definition) is 1. The summed E-state index contributed by atoms with van der Waals surface area (Å²) in [6.07, 6.45) is 2.26. The molecule has 0 radical (unpaired) electrons. The minimum atomic E-state index is -0.455. The molecule has 0 saturated heterocycles. The Hall–Kier alpha value is -0.240. The molecule has 88 valence electrons. The third kappa shape index (κ3) is 2.37. The maximum absolute atomic E-state index is 10.2. The minimum Gasteiger partial charge on any atom is -0.388 e. The first kappa shape index (κ1) is 12.2. The number of aliphatic hydroxyl groups excluding tert-OH is 1. The lowest BCUT2D eigenvalue weighted by atomic mass is 9.84. The molecule has 0 spiro atoms. The highest BCUT2D eigenvalue weighted by atomic mass is 35.5. The monoisotopic (exact) mass is 258 g/mol. The first-order chi connectivity index (χ1) is 7.39. The molecule has 1 unspecified atom stereocenters. The van der Waals surface area contributed by atoms with Crippen LogP contribution in [-0.4, -0.2) is 5.11 Å². The zero-order valence-electron chi connectivity index (χ0n) is 9.56. The van der Waals surface area contributed by atoms with E-state index in [1.807, 2.05) is 6.07 Å². The van der Waals surface area contributed by atoms with Crippen LogP contribution >= 0.6 is 23.2 Å². The second kappa shape index (κ2) is 4.21. The number of aliphatic hydroxyl groups is 1. The third-order valence-corrected chi connectivity index (χ3v) is 3.91. The van der Waals surface area contributed by atoms with Crippen molar-refractivity contribution in [1.29, 1.82) is 0 Å². The predicted octanol–water partition coefficient (Wildman–Crippen LogP) is 4.39. The normalized spacial score (nSPS) is 23.7. The molecule has 16 heavy (non-hydrogen) atoms. The standard InChI is InChI=1S/C13H16Cl2O/c1-13(2)4-3-9-10(12(16)7-13)5-8(14)6-11(9)15/h5-6,12,16H,3-4,7H2,1-2H3. The molecule has 1 aliphatic carbocycles. The van der Waals surface area contributed by atoms with Crippen molar-refractivity contribution in [2.24, 2.45) is 5.41 Å². The number of hydrogen-bond donors (Lipinski definition) is 1. The quantitative estimate of drug-likeness (QED) is 0.685. The Morgan fingerprint density at radius 3 is 2.69 bits per heavy atom. The Morgan fingerprint density at radius 1 is 1.31 bits per heavy atom. The van der Waals surface area contributed by atoms with Gasteiger partial charge < -0.3 is 5.11 Å².